The lowest BCUT2D eigenvalue weighted by molar-refractivity contribution is 0.0589. The molecule has 0 fully saturated rings. The third-order valence-electron chi connectivity index (χ3n) is 3.76. The molecule has 2 rings (SSSR count). The fourth-order valence-corrected chi connectivity index (χ4v) is 2.65. The number of aromatic nitrogens is 1. The molecule has 0 spiro atoms. The second-order valence-corrected chi connectivity index (χ2v) is 4.97. The highest BCUT2D eigenvalue weighted by Gasteiger charge is 2.26. The Labute approximate surface area is 119 Å². The molecule has 1 aliphatic rings. The number of hydrogen-bond donors (Lipinski definition) is 2. The highest BCUT2D eigenvalue weighted by molar-refractivity contribution is 5.88. The van der Waals surface area contributed by atoms with Gasteiger partial charge in [0.25, 0.3) is 0 Å². The molecule has 0 radical (unpaired) electrons. The zero-order valence-electron chi connectivity index (χ0n) is 12.4. The quantitative estimate of drug-likeness (QED) is 0.797. The Balaban J connectivity index is 2.50. The van der Waals surface area contributed by atoms with E-state index in [0.717, 1.165) is 23.4 Å². The maximum atomic E-state index is 11.8. The van der Waals surface area contributed by atoms with Crippen LogP contribution < -0.4 is 11.2 Å². The molecule has 1 aliphatic heterocycles. The second kappa shape index (κ2) is 5.68. The van der Waals surface area contributed by atoms with Crippen LogP contribution in [0, 0.1) is 0 Å². The lowest BCUT2D eigenvalue weighted by Crippen LogP contribution is -2.43. The van der Waals surface area contributed by atoms with E-state index in [2.05, 4.69) is 12.3 Å². The molecule has 1 unspecified atom stereocenters. The molecule has 1 atom stereocenters. The molecule has 1 aromatic heterocycles. The Kier molecular flexibility index (Phi) is 4.15. The number of esters is 1. The molecule has 0 bridgehead atoms. The van der Waals surface area contributed by atoms with Gasteiger partial charge in [-0.25, -0.2) is 15.2 Å². The van der Waals surface area contributed by atoms with E-state index in [-0.39, 0.29) is 12.0 Å². The van der Waals surface area contributed by atoms with Gasteiger partial charge in [-0.2, -0.15) is 0 Å². The van der Waals surface area contributed by atoms with Crippen molar-refractivity contribution in [2.75, 3.05) is 20.7 Å². The zero-order chi connectivity index (χ0) is 14.9. The molecule has 6 heteroatoms. The van der Waals surface area contributed by atoms with Crippen LogP contribution in [0.5, 0.6) is 0 Å². The van der Waals surface area contributed by atoms with E-state index in [1.807, 2.05) is 35.8 Å². The standard InChI is InChI=1S/C14H22N4O2/c1-5-11-10(7-13(17(11)2)14(19)20-4)12-6-9(15)8-16-18(12)3/h6-7,12,16H,5,8,15H2,1-4H3. The minimum absolute atomic E-state index is 0.0170. The molecule has 2 heterocycles. The van der Waals surface area contributed by atoms with E-state index < -0.39 is 0 Å². The first-order valence-corrected chi connectivity index (χ1v) is 6.68. The van der Waals surface area contributed by atoms with Crippen molar-refractivity contribution < 1.29 is 9.53 Å². The predicted molar refractivity (Wildman–Crippen MR) is 76.9 cm³/mol. The maximum Gasteiger partial charge on any atom is 0.354 e. The maximum absolute atomic E-state index is 11.8. The van der Waals surface area contributed by atoms with Gasteiger partial charge in [-0.1, -0.05) is 6.92 Å². The Bertz CT molecular complexity index is 548. The molecule has 0 aliphatic carbocycles. The summed E-state index contributed by atoms with van der Waals surface area (Å²) >= 11 is 0. The SMILES string of the molecule is CCc1c(C2C=C(N)CNN2C)cc(C(=O)OC)n1C. The number of rotatable bonds is 3. The van der Waals surface area contributed by atoms with Crippen molar-refractivity contribution in [3.63, 3.8) is 0 Å². The molecular weight excluding hydrogens is 256 g/mol. The molecule has 1 aromatic rings. The minimum Gasteiger partial charge on any atom is -0.464 e. The number of nitrogens with two attached hydrogens (primary N) is 1. The molecular formula is C14H22N4O2. The third-order valence-corrected chi connectivity index (χ3v) is 3.76. The van der Waals surface area contributed by atoms with E-state index in [1.165, 1.54) is 7.11 Å². The van der Waals surface area contributed by atoms with E-state index in [9.17, 15) is 4.79 Å². The van der Waals surface area contributed by atoms with Gasteiger partial charge in [0.05, 0.1) is 13.2 Å². The average Bonchev–Trinajstić information content (AvgIpc) is 2.77. The fraction of sp³-hybridized carbons (Fsp3) is 0.500. The predicted octanol–water partition coefficient (Wildman–Crippen LogP) is 0.708. The molecule has 20 heavy (non-hydrogen) atoms. The summed E-state index contributed by atoms with van der Waals surface area (Å²) in [7, 11) is 5.25. The van der Waals surface area contributed by atoms with Crippen molar-refractivity contribution in [1.82, 2.24) is 15.0 Å². The first-order valence-electron chi connectivity index (χ1n) is 6.68. The zero-order valence-corrected chi connectivity index (χ0v) is 12.4. The van der Waals surface area contributed by atoms with Crippen LogP contribution in [0.15, 0.2) is 17.8 Å². The summed E-state index contributed by atoms with van der Waals surface area (Å²) < 4.78 is 6.73. The van der Waals surface area contributed by atoms with Gasteiger partial charge in [0.15, 0.2) is 0 Å². The lowest BCUT2D eigenvalue weighted by Gasteiger charge is -2.31. The van der Waals surface area contributed by atoms with Crippen LogP contribution >= 0.6 is 0 Å². The van der Waals surface area contributed by atoms with Gasteiger partial charge in [0.2, 0.25) is 0 Å². The highest BCUT2D eigenvalue weighted by atomic mass is 16.5. The van der Waals surface area contributed by atoms with Crippen molar-refractivity contribution in [3.8, 4) is 0 Å². The molecule has 0 saturated carbocycles. The normalized spacial score (nSPS) is 19.8. The molecule has 3 N–H and O–H groups in total. The topological polar surface area (TPSA) is 72.5 Å². The second-order valence-electron chi connectivity index (χ2n) is 4.97. The van der Waals surface area contributed by atoms with Crippen molar-refractivity contribution in [2.45, 2.75) is 19.4 Å². The molecule has 110 valence electrons. The largest absolute Gasteiger partial charge is 0.464 e. The third kappa shape index (κ3) is 2.44. The number of carbonyl (C=O) groups excluding carboxylic acids is 1. The van der Waals surface area contributed by atoms with Crippen LogP contribution in [0.2, 0.25) is 0 Å². The van der Waals surface area contributed by atoms with E-state index in [0.29, 0.717) is 12.2 Å². The van der Waals surface area contributed by atoms with Crippen molar-refractivity contribution in [1.29, 1.82) is 0 Å². The number of likely N-dealkylation sites (N-methyl/N-ethyl adjacent to an activating group) is 1. The van der Waals surface area contributed by atoms with Gasteiger partial charge in [-0.05, 0) is 24.1 Å². The van der Waals surface area contributed by atoms with Crippen LogP contribution in [0.25, 0.3) is 0 Å². The smallest absolute Gasteiger partial charge is 0.354 e. The number of carbonyl (C=O) groups is 1. The Morgan fingerprint density at radius 2 is 2.25 bits per heavy atom. The number of nitrogens with one attached hydrogen (secondary N) is 1. The first kappa shape index (κ1) is 14.6. The van der Waals surface area contributed by atoms with Crippen LogP contribution in [0.1, 0.15) is 34.7 Å². The summed E-state index contributed by atoms with van der Waals surface area (Å²) in [6.45, 7) is 2.72. The van der Waals surface area contributed by atoms with E-state index in [4.69, 9.17) is 10.5 Å². The Morgan fingerprint density at radius 3 is 2.85 bits per heavy atom. The van der Waals surface area contributed by atoms with Gasteiger partial charge < -0.3 is 15.0 Å². The fourth-order valence-electron chi connectivity index (χ4n) is 2.65. The Hall–Kier alpha value is -1.79. The van der Waals surface area contributed by atoms with Gasteiger partial charge in [-0.15, -0.1) is 0 Å². The summed E-state index contributed by atoms with van der Waals surface area (Å²) in [6, 6.07) is 1.91. The van der Waals surface area contributed by atoms with Gasteiger partial charge in [-0.3, -0.25) is 0 Å². The van der Waals surface area contributed by atoms with Crippen molar-refractivity contribution in [2.24, 2.45) is 12.8 Å². The Morgan fingerprint density at radius 1 is 1.55 bits per heavy atom. The molecule has 0 saturated heterocycles. The van der Waals surface area contributed by atoms with Gasteiger partial charge in [0.1, 0.15) is 5.69 Å². The lowest BCUT2D eigenvalue weighted by atomic mass is 10.0. The number of methoxy groups -OCH3 is 1. The van der Waals surface area contributed by atoms with Crippen molar-refractivity contribution >= 4 is 5.97 Å². The summed E-state index contributed by atoms with van der Waals surface area (Å²) in [4.78, 5) is 11.8. The summed E-state index contributed by atoms with van der Waals surface area (Å²) in [5.41, 5.74) is 12.7. The number of hydrogen-bond acceptors (Lipinski definition) is 5. The monoisotopic (exact) mass is 278 g/mol. The number of ether oxygens (including phenoxy) is 1. The summed E-state index contributed by atoms with van der Waals surface area (Å²) in [6.07, 6.45) is 2.85. The molecule has 0 aromatic carbocycles. The van der Waals surface area contributed by atoms with Crippen LogP contribution in [0.4, 0.5) is 0 Å². The van der Waals surface area contributed by atoms with E-state index in [1.54, 1.807) is 0 Å². The van der Waals surface area contributed by atoms with Crippen LogP contribution in [-0.4, -0.2) is 36.2 Å². The first-order chi connectivity index (χ1) is 9.49. The number of nitrogens with zero attached hydrogens (tertiary/aromatic N) is 2. The average molecular weight is 278 g/mol. The molecule has 6 nitrogen and oxygen atoms in total. The highest BCUT2D eigenvalue weighted by Crippen LogP contribution is 2.29. The summed E-state index contributed by atoms with van der Waals surface area (Å²) in [5.74, 6) is -0.322. The minimum atomic E-state index is -0.322. The van der Waals surface area contributed by atoms with Crippen molar-refractivity contribution in [3.05, 3.63) is 34.8 Å². The van der Waals surface area contributed by atoms with Crippen LogP contribution in [0.3, 0.4) is 0 Å². The number of hydrazine groups is 1. The van der Waals surface area contributed by atoms with Crippen LogP contribution in [-0.2, 0) is 18.2 Å². The van der Waals surface area contributed by atoms with Gasteiger partial charge in [0, 0.05) is 32.0 Å². The molecule has 0 amide bonds. The van der Waals surface area contributed by atoms with Gasteiger partial charge >= 0.3 is 5.97 Å². The summed E-state index contributed by atoms with van der Waals surface area (Å²) in [5, 5.41) is 2.01. The van der Waals surface area contributed by atoms with E-state index >= 15 is 0 Å².